The molecule has 12 heteroatoms. The molecule has 8 aliphatic carbocycles. The van der Waals surface area contributed by atoms with E-state index in [1.807, 2.05) is 28.1 Å². The number of hydrogen-bond acceptors (Lipinski definition) is 10. The molecule has 10 fully saturated rings. The number of ether oxygens (including phenoxy) is 6. The van der Waals surface area contributed by atoms with Gasteiger partial charge in [-0.1, -0.05) is 69.2 Å². The van der Waals surface area contributed by atoms with Gasteiger partial charge in [0, 0.05) is 44.3 Å². The molecular formula is C58H102O10Si2. The van der Waals surface area contributed by atoms with Gasteiger partial charge in [-0.05, 0) is 181 Å². The Morgan fingerprint density at radius 1 is 0.571 bits per heavy atom. The van der Waals surface area contributed by atoms with Gasteiger partial charge in [0.25, 0.3) is 0 Å². The highest BCUT2D eigenvalue weighted by molar-refractivity contribution is 6.74. The summed E-state index contributed by atoms with van der Waals surface area (Å²) in [7, 11) is 0.0297. The summed E-state index contributed by atoms with van der Waals surface area (Å²) in [5, 5.41) is 12.6. The maximum Gasteiger partial charge on any atom is 0.192 e. The van der Waals surface area contributed by atoms with Crippen LogP contribution in [0.3, 0.4) is 0 Å². The van der Waals surface area contributed by atoms with Crippen molar-refractivity contribution in [3.05, 3.63) is 0 Å². The van der Waals surface area contributed by atoms with Crippen LogP contribution in [0.1, 0.15) is 187 Å². The van der Waals surface area contributed by atoms with Crippen LogP contribution >= 0.6 is 0 Å². The predicted octanol–water partition coefficient (Wildman–Crippen LogP) is 12.8. The summed E-state index contributed by atoms with van der Waals surface area (Å²) in [6, 6.07) is 0. The number of Topliss-reactive ketones (excluding diaryl/α,β-unsaturated/α-hetero) is 1. The van der Waals surface area contributed by atoms with E-state index in [1.54, 1.807) is 0 Å². The lowest BCUT2D eigenvalue weighted by molar-refractivity contribution is -0.287. The molecule has 0 bridgehead atoms. The van der Waals surface area contributed by atoms with Gasteiger partial charge in [0.1, 0.15) is 29.2 Å². The summed E-state index contributed by atoms with van der Waals surface area (Å²) in [6.07, 6.45) is 14.2. The molecule has 1 N–H and O–H groups in total. The van der Waals surface area contributed by atoms with Crippen LogP contribution in [-0.2, 0) is 42.1 Å². The van der Waals surface area contributed by atoms with Crippen LogP contribution < -0.4 is 0 Å². The van der Waals surface area contributed by atoms with Gasteiger partial charge in [-0.15, -0.1) is 0 Å². The summed E-state index contributed by atoms with van der Waals surface area (Å²) in [5.74, 6) is 1.63. The zero-order valence-electron chi connectivity index (χ0n) is 48.0. The topological polar surface area (TPSA) is 111 Å². The first-order valence-electron chi connectivity index (χ1n) is 28.4. The van der Waals surface area contributed by atoms with Gasteiger partial charge in [-0.2, -0.15) is 0 Å². The molecule has 0 aromatic heterocycles. The van der Waals surface area contributed by atoms with E-state index in [9.17, 15) is 9.90 Å². The van der Waals surface area contributed by atoms with Crippen LogP contribution in [0.25, 0.3) is 0 Å². The summed E-state index contributed by atoms with van der Waals surface area (Å²) < 4.78 is 53.7. The molecule has 0 aromatic rings. The van der Waals surface area contributed by atoms with E-state index in [1.165, 1.54) is 25.7 Å². The first-order chi connectivity index (χ1) is 32.0. The highest BCUT2D eigenvalue weighted by atomic mass is 28.4. The molecule has 8 unspecified atom stereocenters. The minimum absolute atomic E-state index is 0.0477. The number of hydrogen-bond donors (Lipinski definition) is 1. The quantitative estimate of drug-likeness (QED) is 0.258. The maximum atomic E-state index is 12.6. The lowest BCUT2D eigenvalue weighted by Gasteiger charge is -2.67. The summed E-state index contributed by atoms with van der Waals surface area (Å²) in [4.78, 5) is 12.6. The van der Waals surface area contributed by atoms with E-state index >= 15 is 0 Å². The number of ketones is 1. The minimum atomic E-state index is -1.88. The number of carbonyl (C=O) groups is 1. The molecule has 0 aromatic carbocycles. The van der Waals surface area contributed by atoms with Crippen molar-refractivity contribution in [3.63, 3.8) is 0 Å². The summed E-state index contributed by atoms with van der Waals surface area (Å²) >= 11 is 0. The molecule has 0 amide bonds. The Labute approximate surface area is 427 Å². The molecule has 0 radical (unpaired) electrons. The summed E-state index contributed by atoms with van der Waals surface area (Å²) in [6.45, 7) is 41.6. The molecule has 402 valence electrons. The second-order valence-electron chi connectivity index (χ2n) is 30.3. The Hall–Kier alpha value is -0.256. The maximum absolute atomic E-state index is 12.6. The molecule has 2 heterocycles. The van der Waals surface area contributed by atoms with Crippen LogP contribution in [0.4, 0.5) is 0 Å². The van der Waals surface area contributed by atoms with Gasteiger partial charge in [0.2, 0.25) is 0 Å². The normalized spacial score (nSPS) is 50.3. The second-order valence-corrected chi connectivity index (χ2v) is 39.8. The third-order valence-corrected chi connectivity index (χ3v) is 33.1. The van der Waals surface area contributed by atoms with E-state index < -0.39 is 39.9 Å². The number of rotatable bonds is 6. The number of carbonyl (C=O) groups excluding carboxylic acids is 1. The largest absolute Gasteiger partial charge is 0.413 e. The first kappa shape index (κ1) is 54.5. The fourth-order valence-corrected chi connectivity index (χ4v) is 21.0. The van der Waals surface area contributed by atoms with Crippen molar-refractivity contribution in [2.45, 2.75) is 289 Å². The monoisotopic (exact) mass is 1010 g/mol. The Kier molecular flexibility index (Phi) is 13.3. The van der Waals surface area contributed by atoms with Crippen molar-refractivity contribution >= 4 is 22.4 Å². The fourth-order valence-electron chi connectivity index (χ4n) is 18.1. The van der Waals surface area contributed by atoms with E-state index in [0.717, 1.165) is 51.4 Å². The van der Waals surface area contributed by atoms with Gasteiger partial charge in [0.15, 0.2) is 28.2 Å². The molecular weight excluding hydrogens is 913 g/mol. The van der Waals surface area contributed by atoms with Crippen LogP contribution in [-0.4, -0.2) is 107 Å². The van der Waals surface area contributed by atoms with Gasteiger partial charge in [-0.25, -0.2) is 0 Å². The SMILES string of the molecule is CC1(C)O[C@@H]2C3C4CC[C@H](O[Si](C)(C)C(C)(C)C)[C@@]4(C)CCC3[C@@]3(C)CCC(=O)CC3(O)[C@H]2O1.CO[C@H]1CC[C@]2(C)C3CC[C@@]4(C)C(CC[C@@H]4O[Si](C)(C)C(C)(C)C)C3[C@H]3OC(C)(C)O[C@@H]3C2(OC)C1. The molecule has 10 rings (SSSR count). The van der Waals surface area contributed by atoms with Gasteiger partial charge < -0.3 is 42.4 Å². The predicted molar refractivity (Wildman–Crippen MR) is 280 cm³/mol. The van der Waals surface area contributed by atoms with E-state index in [4.69, 9.17) is 37.3 Å². The third-order valence-electron chi connectivity index (χ3n) is 24.1. The highest BCUT2D eigenvalue weighted by Crippen LogP contribution is 2.72. The van der Waals surface area contributed by atoms with Crippen molar-refractivity contribution in [2.24, 2.45) is 57.2 Å². The van der Waals surface area contributed by atoms with Crippen molar-refractivity contribution in [1.29, 1.82) is 0 Å². The van der Waals surface area contributed by atoms with Gasteiger partial charge in [-0.3, -0.25) is 4.79 Å². The lowest BCUT2D eigenvalue weighted by atomic mass is 9.42. The Morgan fingerprint density at radius 3 is 1.49 bits per heavy atom. The van der Waals surface area contributed by atoms with Crippen molar-refractivity contribution in [2.75, 3.05) is 14.2 Å². The molecule has 70 heavy (non-hydrogen) atoms. The highest BCUT2D eigenvalue weighted by Gasteiger charge is 2.76. The average molecular weight is 1020 g/mol. The zero-order valence-corrected chi connectivity index (χ0v) is 50.0. The van der Waals surface area contributed by atoms with Crippen LogP contribution in [0.5, 0.6) is 0 Å². The Balaban J connectivity index is 0.000000174. The van der Waals surface area contributed by atoms with Gasteiger partial charge >= 0.3 is 0 Å². The fraction of sp³-hybridized carbons (Fsp3) is 0.983. The first-order valence-corrected chi connectivity index (χ1v) is 34.2. The molecule has 10 nitrogen and oxygen atoms in total. The molecule has 10 aliphatic rings. The standard InChI is InChI=1S/C30H54O5Si.C28H48O5Si/c1-26(2,3)36(10,11)35-22-13-12-20-23-21(15-16-28(20,22)6)29(7)17-14-19(31-8)18-30(29,32-9)25-24(23)33-27(4,5)34-25;1-24(2,3)34(8,9)33-20-11-10-18-21-19(13-14-26(18,20)6)27(7)15-12-17(29)16-28(27,30)23-22(21)31-25(4,5)32-23/h19-25H,12-18H2,1-11H3;18-23,30H,10-16H2,1-9H3/t19-,20?,21?,22-,23?,24+,25-,28-,29+,30?;18?,19?,20-,21?,22+,23-,26-,27+,28?/m00/s1. The lowest BCUT2D eigenvalue weighted by Crippen LogP contribution is -2.73. The second kappa shape index (κ2) is 17.1. The van der Waals surface area contributed by atoms with Crippen LogP contribution in [0.15, 0.2) is 0 Å². The number of methoxy groups -OCH3 is 2. The van der Waals surface area contributed by atoms with E-state index in [0.29, 0.717) is 48.0 Å². The Morgan fingerprint density at radius 2 is 1.03 bits per heavy atom. The van der Waals surface area contributed by atoms with Crippen molar-refractivity contribution in [1.82, 2.24) is 0 Å². The number of aliphatic hydroxyl groups is 1. The zero-order chi connectivity index (χ0) is 51.6. The smallest absolute Gasteiger partial charge is 0.192 e. The molecule has 8 saturated carbocycles. The van der Waals surface area contributed by atoms with Crippen LogP contribution in [0.2, 0.25) is 36.3 Å². The molecule has 0 spiro atoms. The van der Waals surface area contributed by atoms with Crippen molar-refractivity contribution < 1.29 is 47.2 Å². The van der Waals surface area contributed by atoms with Crippen molar-refractivity contribution in [3.8, 4) is 0 Å². The Bertz CT molecular complexity index is 1990. The summed E-state index contributed by atoms with van der Waals surface area (Å²) in [5.41, 5.74) is -1.49. The molecule has 19 atom stereocenters. The average Bonchev–Trinajstić information content (AvgIpc) is 3.96. The third kappa shape index (κ3) is 7.96. The molecule has 2 saturated heterocycles. The van der Waals surface area contributed by atoms with E-state index in [-0.39, 0.29) is 80.1 Å². The van der Waals surface area contributed by atoms with E-state index in [2.05, 4.69) is 109 Å². The van der Waals surface area contributed by atoms with Crippen LogP contribution in [0, 0.1) is 57.2 Å². The van der Waals surface area contributed by atoms with Gasteiger partial charge in [0.05, 0.1) is 30.5 Å². The minimum Gasteiger partial charge on any atom is -0.413 e. The molecule has 2 aliphatic heterocycles. The number of fused-ring (bicyclic) bond motifs is 16.